The molecule has 1 atom stereocenters. The van der Waals surface area contributed by atoms with Gasteiger partial charge in [-0.25, -0.2) is 4.39 Å². The van der Waals surface area contributed by atoms with E-state index in [4.69, 9.17) is 10.5 Å². The molecule has 1 aromatic carbocycles. The minimum atomic E-state index is -0.342. The van der Waals surface area contributed by atoms with Gasteiger partial charge in [-0.2, -0.15) is 0 Å². The number of nitrogens with zero attached hydrogens (tertiary/aromatic N) is 3. The summed E-state index contributed by atoms with van der Waals surface area (Å²) in [5, 5.41) is 8.32. The zero-order chi connectivity index (χ0) is 14.8. The minimum Gasteiger partial charge on any atom is -0.486 e. The second kappa shape index (κ2) is 5.81. The van der Waals surface area contributed by atoms with Gasteiger partial charge in [-0.15, -0.1) is 10.2 Å². The fourth-order valence-electron chi connectivity index (χ4n) is 2.59. The lowest BCUT2D eigenvalue weighted by Gasteiger charge is -2.15. The van der Waals surface area contributed by atoms with Crippen molar-refractivity contribution < 1.29 is 9.13 Å². The van der Waals surface area contributed by atoms with Gasteiger partial charge in [-0.3, -0.25) is 0 Å². The lowest BCUT2D eigenvalue weighted by molar-refractivity contribution is 0.284. The first kappa shape index (κ1) is 14.0. The maximum Gasteiger partial charge on any atom is 0.171 e. The van der Waals surface area contributed by atoms with E-state index in [1.807, 2.05) is 0 Å². The van der Waals surface area contributed by atoms with Crippen LogP contribution in [-0.2, 0) is 19.6 Å². The van der Waals surface area contributed by atoms with Crippen LogP contribution in [0.4, 0.5) is 4.39 Å². The molecule has 5 nitrogen and oxygen atoms in total. The van der Waals surface area contributed by atoms with Crippen molar-refractivity contribution in [2.24, 2.45) is 5.73 Å². The lowest BCUT2D eigenvalue weighted by Crippen LogP contribution is -2.14. The first-order valence-corrected chi connectivity index (χ1v) is 7.24. The Morgan fingerprint density at radius 3 is 3.00 bits per heavy atom. The third-order valence-electron chi connectivity index (χ3n) is 3.77. The molecule has 1 aliphatic heterocycles. The zero-order valence-corrected chi connectivity index (χ0v) is 12.1. The van der Waals surface area contributed by atoms with Crippen LogP contribution in [0.1, 0.15) is 43.0 Å². The molecule has 0 radical (unpaired) electrons. The molecule has 1 aromatic heterocycles. The van der Waals surface area contributed by atoms with E-state index in [0.29, 0.717) is 17.9 Å². The Hall–Kier alpha value is -1.95. The van der Waals surface area contributed by atoms with Crippen LogP contribution in [0, 0.1) is 5.82 Å². The van der Waals surface area contributed by atoms with Gasteiger partial charge in [0, 0.05) is 30.6 Å². The van der Waals surface area contributed by atoms with Gasteiger partial charge in [-0.05, 0) is 25.8 Å². The number of fused-ring (bicyclic) bond motifs is 1. The average molecular weight is 290 g/mol. The monoisotopic (exact) mass is 290 g/mol. The van der Waals surface area contributed by atoms with Gasteiger partial charge < -0.3 is 15.0 Å². The molecule has 0 amide bonds. The number of rotatable bonds is 4. The Labute approximate surface area is 122 Å². The summed E-state index contributed by atoms with van der Waals surface area (Å²) >= 11 is 0. The summed E-state index contributed by atoms with van der Waals surface area (Å²) in [5.74, 6) is 1.94. The molecule has 0 fully saturated rings. The van der Waals surface area contributed by atoms with E-state index < -0.39 is 0 Å². The first-order chi connectivity index (χ1) is 10.1. The highest BCUT2D eigenvalue weighted by atomic mass is 19.1. The van der Waals surface area contributed by atoms with E-state index in [9.17, 15) is 4.39 Å². The standard InChI is InChI=1S/C15H19FN4O/c1-10(17)12-6-5-11(8-13(12)16)21-9-15-19-18-14-4-2-3-7-20(14)15/h5-6,8,10H,2-4,7,9,17H2,1H3/t10-/m0/s1. The highest BCUT2D eigenvalue weighted by Gasteiger charge is 2.16. The highest BCUT2D eigenvalue weighted by Crippen LogP contribution is 2.22. The molecular formula is C15H19FN4O. The summed E-state index contributed by atoms with van der Waals surface area (Å²) < 4.78 is 21.6. The summed E-state index contributed by atoms with van der Waals surface area (Å²) in [6.45, 7) is 2.98. The minimum absolute atomic E-state index is 0.296. The van der Waals surface area contributed by atoms with Crippen molar-refractivity contribution in [3.05, 3.63) is 41.2 Å². The quantitative estimate of drug-likeness (QED) is 0.938. The van der Waals surface area contributed by atoms with E-state index in [0.717, 1.165) is 37.5 Å². The summed E-state index contributed by atoms with van der Waals surface area (Å²) in [6.07, 6.45) is 3.25. The fourth-order valence-corrected chi connectivity index (χ4v) is 2.59. The Balaban J connectivity index is 1.70. The van der Waals surface area contributed by atoms with Crippen molar-refractivity contribution >= 4 is 0 Å². The van der Waals surface area contributed by atoms with Gasteiger partial charge in [0.25, 0.3) is 0 Å². The van der Waals surface area contributed by atoms with Crippen molar-refractivity contribution in [3.63, 3.8) is 0 Å². The van der Waals surface area contributed by atoms with Gasteiger partial charge in [0.05, 0.1) is 0 Å². The molecule has 21 heavy (non-hydrogen) atoms. The van der Waals surface area contributed by atoms with Crippen LogP contribution in [-0.4, -0.2) is 14.8 Å². The largest absolute Gasteiger partial charge is 0.486 e. The summed E-state index contributed by atoms with van der Waals surface area (Å²) in [7, 11) is 0. The normalized spacial score (nSPS) is 15.6. The smallest absolute Gasteiger partial charge is 0.171 e. The van der Waals surface area contributed by atoms with Crippen molar-refractivity contribution in [2.45, 2.75) is 45.4 Å². The molecule has 1 aliphatic rings. The number of aromatic nitrogens is 3. The van der Waals surface area contributed by atoms with Gasteiger partial charge in [0.15, 0.2) is 5.82 Å². The van der Waals surface area contributed by atoms with Gasteiger partial charge >= 0.3 is 0 Å². The first-order valence-electron chi connectivity index (χ1n) is 7.24. The molecule has 112 valence electrons. The van der Waals surface area contributed by atoms with Crippen LogP contribution >= 0.6 is 0 Å². The molecular weight excluding hydrogens is 271 g/mol. The number of halogens is 1. The van der Waals surface area contributed by atoms with E-state index in [1.54, 1.807) is 19.1 Å². The molecule has 6 heteroatoms. The zero-order valence-electron chi connectivity index (χ0n) is 12.1. The average Bonchev–Trinajstić information content (AvgIpc) is 2.88. The molecule has 2 N–H and O–H groups in total. The summed E-state index contributed by atoms with van der Waals surface area (Å²) in [5.41, 5.74) is 6.18. The van der Waals surface area contributed by atoms with Crippen molar-refractivity contribution in [2.75, 3.05) is 0 Å². The molecule has 0 aliphatic carbocycles. The van der Waals surface area contributed by atoms with Crippen molar-refractivity contribution in [1.82, 2.24) is 14.8 Å². The highest BCUT2D eigenvalue weighted by molar-refractivity contribution is 5.30. The Kier molecular flexibility index (Phi) is 3.88. The van der Waals surface area contributed by atoms with Crippen LogP contribution in [0.15, 0.2) is 18.2 Å². The van der Waals surface area contributed by atoms with Gasteiger partial charge in [0.1, 0.15) is 24.0 Å². The predicted octanol–water partition coefficient (Wildman–Crippen LogP) is 2.35. The Morgan fingerprint density at radius 2 is 2.24 bits per heavy atom. The molecule has 2 heterocycles. The number of aryl methyl sites for hydroxylation is 1. The Morgan fingerprint density at radius 1 is 1.38 bits per heavy atom. The van der Waals surface area contributed by atoms with E-state index in [2.05, 4.69) is 14.8 Å². The van der Waals surface area contributed by atoms with Crippen LogP contribution in [0.3, 0.4) is 0 Å². The van der Waals surface area contributed by atoms with Gasteiger partial charge in [0.2, 0.25) is 0 Å². The molecule has 2 aromatic rings. The van der Waals surface area contributed by atoms with Crippen molar-refractivity contribution in [1.29, 1.82) is 0 Å². The second-order valence-corrected chi connectivity index (χ2v) is 5.40. The number of nitrogens with two attached hydrogens (primary N) is 1. The van der Waals surface area contributed by atoms with Crippen molar-refractivity contribution in [3.8, 4) is 5.75 Å². The van der Waals surface area contributed by atoms with E-state index >= 15 is 0 Å². The van der Waals surface area contributed by atoms with Gasteiger partial charge in [-0.1, -0.05) is 6.07 Å². The predicted molar refractivity (Wildman–Crippen MR) is 76.3 cm³/mol. The maximum absolute atomic E-state index is 13.8. The molecule has 0 saturated heterocycles. The van der Waals surface area contributed by atoms with E-state index in [-0.39, 0.29) is 11.9 Å². The van der Waals surface area contributed by atoms with Crippen LogP contribution < -0.4 is 10.5 Å². The molecule has 0 bridgehead atoms. The molecule has 0 spiro atoms. The third-order valence-corrected chi connectivity index (χ3v) is 3.77. The molecule has 3 rings (SSSR count). The maximum atomic E-state index is 13.8. The summed E-state index contributed by atoms with van der Waals surface area (Å²) in [4.78, 5) is 0. The summed E-state index contributed by atoms with van der Waals surface area (Å²) in [6, 6.07) is 4.43. The van der Waals surface area contributed by atoms with E-state index in [1.165, 1.54) is 6.07 Å². The number of ether oxygens (including phenoxy) is 1. The number of benzene rings is 1. The fraction of sp³-hybridized carbons (Fsp3) is 0.467. The number of hydrogen-bond donors (Lipinski definition) is 1. The molecule has 0 saturated carbocycles. The van der Waals surface area contributed by atoms with Crippen LogP contribution in [0.5, 0.6) is 5.75 Å². The third kappa shape index (κ3) is 2.90. The van der Waals surface area contributed by atoms with Crippen LogP contribution in [0.25, 0.3) is 0 Å². The lowest BCUT2D eigenvalue weighted by atomic mass is 10.1. The Bertz CT molecular complexity index is 639. The van der Waals surface area contributed by atoms with Crippen LogP contribution in [0.2, 0.25) is 0 Å². The molecule has 0 unspecified atom stereocenters. The topological polar surface area (TPSA) is 66.0 Å². The SMILES string of the molecule is C[C@H](N)c1ccc(OCc2nnc3n2CCCC3)cc1F. The number of hydrogen-bond acceptors (Lipinski definition) is 4. The second-order valence-electron chi connectivity index (χ2n) is 5.40.